The number of hydrogen-bond donors (Lipinski definition) is 2. The fourth-order valence-electron chi connectivity index (χ4n) is 3.21. The van der Waals surface area contributed by atoms with E-state index in [9.17, 15) is 0 Å². The van der Waals surface area contributed by atoms with E-state index in [1.165, 1.54) is 0 Å². The van der Waals surface area contributed by atoms with Gasteiger partial charge in [-0.1, -0.05) is 6.07 Å². The van der Waals surface area contributed by atoms with Gasteiger partial charge in [-0.15, -0.1) is 0 Å². The second-order valence-electron chi connectivity index (χ2n) is 6.66. The highest BCUT2D eigenvalue weighted by Gasteiger charge is 2.37. The van der Waals surface area contributed by atoms with Gasteiger partial charge in [-0.05, 0) is 52.7 Å². The Hall–Kier alpha value is -1.60. The van der Waals surface area contributed by atoms with Gasteiger partial charge in [0.25, 0.3) is 0 Å². The van der Waals surface area contributed by atoms with Gasteiger partial charge >= 0.3 is 0 Å². The highest BCUT2D eigenvalue weighted by Crippen LogP contribution is 2.30. The fourth-order valence-corrected chi connectivity index (χ4v) is 3.21. The van der Waals surface area contributed by atoms with E-state index in [-0.39, 0.29) is 11.1 Å². The average molecular weight is 258 g/mol. The highest BCUT2D eigenvalue weighted by atomic mass is 15.1. The lowest BCUT2D eigenvalue weighted by Gasteiger charge is -2.46. The van der Waals surface area contributed by atoms with E-state index < -0.39 is 0 Å². The van der Waals surface area contributed by atoms with Crippen molar-refractivity contribution in [2.45, 2.75) is 57.7 Å². The lowest BCUT2D eigenvalue weighted by Crippen LogP contribution is -2.60. The summed E-state index contributed by atoms with van der Waals surface area (Å²) in [7, 11) is 0. The summed E-state index contributed by atoms with van der Waals surface area (Å²) in [4.78, 5) is 4.29. The average Bonchev–Trinajstić information content (AvgIpc) is 2.24. The summed E-state index contributed by atoms with van der Waals surface area (Å²) in [6, 6.07) is 7.95. The van der Waals surface area contributed by atoms with Crippen LogP contribution in [0.15, 0.2) is 18.2 Å². The SMILES string of the molecule is CC1(C)CC(Nc2cccc(C#N)n2)CC(C)(C)N1. The Morgan fingerprint density at radius 1 is 1.26 bits per heavy atom. The molecule has 0 radical (unpaired) electrons. The third-order valence-electron chi connectivity index (χ3n) is 3.41. The van der Waals surface area contributed by atoms with Crippen LogP contribution < -0.4 is 10.6 Å². The molecule has 1 saturated heterocycles. The minimum absolute atomic E-state index is 0.103. The lowest BCUT2D eigenvalue weighted by atomic mass is 9.79. The molecule has 1 aliphatic heterocycles. The van der Waals surface area contributed by atoms with Crippen molar-refractivity contribution in [1.29, 1.82) is 5.26 Å². The standard InChI is InChI=1S/C15H22N4/c1-14(2)8-12(9-15(3,4)19-14)18-13-7-5-6-11(10-16)17-13/h5-7,12,19H,8-9H2,1-4H3,(H,17,18). The van der Waals surface area contributed by atoms with E-state index in [2.05, 4.69) is 49.4 Å². The van der Waals surface area contributed by atoms with Crippen molar-refractivity contribution in [2.75, 3.05) is 5.32 Å². The Kier molecular flexibility index (Phi) is 3.51. The van der Waals surface area contributed by atoms with Crippen LogP contribution in [0.4, 0.5) is 5.82 Å². The summed E-state index contributed by atoms with van der Waals surface area (Å²) in [6.45, 7) is 8.90. The molecular formula is C15H22N4. The summed E-state index contributed by atoms with van der Waals surface area (Å²) in [5.41, 5.74) is 0.663. The van der Waals surface area contributed by atoms with Gasteiger partial charge in [-0.2, -0.15) is 5.26 Å². The molecule has 0 saturated carbocycles. The summed E-state index contributed by atoms with van der Waals surface area (Å²) in [5, 5.41) is 16.0. The van der Waals surface area contributed by atoms with Gasteiger partial charge in [0.2, 0.25) is 0 Å². The molecule has 0 spiro atoms. The molecule has 1 fully saturated rings. The molecule has 1 aliphatic rings. The van der Waals surface area contributed by atoms with Crippen molar-refractivity contribution in [3.63, 3.8) is 0 Å². The quantitative estimate of drug-likeness (QED) is 0.856. The number of nitrogens with zero attached hydrogens (tertiary/aromatic N) is 2. The molecule has 1 aromatic rings. The number of anilines is 1. The van der Waals surface area contributed by atoms with Crippen molar-refractivity contribution in [2.24, 2.45) is 0 Å². The third-order valence-corrected chi connectivity index (χ3v) is 3.41. The third kappa shape index (κ3) is 3.68. The molecular weight excluding hydrogens is 236 g/mol. The van der Waals surface area contributed by atoms with Gasteiger partial charge < -0.3 is 10.6 Å². The number of piperidine rings is 1. The van der Waals surface area contributed by atoms with E-state index in [4.69, 9.17) is 5.26 Å². The molecule has 4 heteroatoms. The van der Waals surface area contributed by atoms with Crippen LogP contribution in [-0.2, 0) is 0 Å². The van der Waals surface area contributed by atoms with Crippen LogP contribution in [0.2, 0.25) is 0 Å². The maximum Gasteiger partial charge on any atom is 0.142 e. The smallest absolute Gasteiger partial charge is 0.142 e. The monoisotopic (exact) mass is 258 g/mol. The van der Waals surface area contributed by atoms with Gasteiger partial charge in [0.1, 0.15) is 17.6 Å². The van der Waals surface area contributed by atoms with Crippen molar-refractivity contribution < 1.29 is 0 Å². The number of pyridine rings is 1. The van der Waals surface area contributed by atoms with E-state index in [0.29, 0.717) is 11.7 Å². The van der Waals surface area contributed by atoms with Crippen LogP contribution in [-0.4, -0.2) is 22.1 Å². The van der Waals surface area contributed by atoms with Crippen LogP contribution in [0.1, 0.15) is 46.2 Å². The van der Waals surface area contributed by atoms with Gasteiger partial charge in [0.05, 0.1) is 0 Å². The van der Waals surface area contributed by atoms with Crippen molar-refractivity contribution in [3.8, 4) is 6.07 Å². The van der Waals surface area contributed by atoms with E-state index in [0.717, 1.165) is 18.7 Å². The van der Waals surface area contributed by atoms with Crippen LogP contribution in [0, 0.1) is 11.3 Å². The predicted molar refractivity (Wildman–Crippen MR) is 76.9 cm³/mol. The molecule has 0 aromatic carbocycles. The zero-order chi connectivity index (χ0) is 14.1. The summed E-state index contributed by atoms with van der Waals surface area (Å²) in [5.74, 6) is 0.789. The number of rotatable bonds is 2. The van der Waals surface area contributed by atoms with Gasteiger partial charge in [-0.25, -0.2) is 4.98 Å². The van der Waals surface area contributed by atoms with Crippen LogP contribution >= 0.6 is 0 Å². The van der Waals surface area contributed by atoms with Gasteiger partial charge in [0, 0.05) is 17.1 Å². The first-order chi connectivity index (χ1) is 8.80. The van der Waals surface area contributed by atoms with Gasteiger partial charge in [0.15, 0.2) is 0 Å². The van der Waals surface area contributed by atoms with Gasteiger partial charge in [-0.3, -0.25) is 0 Å². The van der Waals surface area contributed by atoms with Crippen LogP contribution in [0.5, 0.6) is 0 Å². The van der Waals surface area contributed by atoms with E-state index in [1.807, 2.05) is 12.1 Å². The largest absolute Gasteiger partial charge is 0.367 e. The van der Waals surface area contributed by atoms with Crippen molar-refractivity contribution >= 4 is 5.82 Å². The Morgan fingerprint density at radius 3 is 2.47 bits per heavy atom. The first kappa shape index (κ1) is 13.8. The molecule has 1 aromatic heterocycles. The number of nitriles is 1. The maximum atomic E-state index is 8.88. The zero-order valence-corrected chi connectivity index (χ0v) is 12.1. The molecule has 0 aliphatic carbocycles. The Morgan fingerprint density at radius 2 is 1.89 bits per heavy atom. The minimum atomic E-state index is 0.103. The summed E-state index contributed by atoms with van der Waals surface area (Å²) >= 11 is 0. The Labute approximate surface area is 115 Å². The second-order valence-corrected chi connectivity index (χ2v) is 6.66. The molecule has 0 amide bonds. The van der Waals surface area contributed by atoms with Crippen LogP contribution in [0.25, 0.3) is 0 Å². The topological polar surface area (TPSA) is 60.7 Å². The minimum Gasteiger partial charge on any atom is -0.367 e. The molecule has 0 unspecified atom stereocenters. The maximum absolute atomic E-state index is 8.88. The summed E-state index contributed by atoms with van der Waals surface area (Å²) in [6.07, 6.45) is 2.07. The normalized spacial score (nSPS) is 21.6. The van der Waals surface area contributed by atoms with Crippen molar-refractivity contribution in [1.82, 2.24) is 10.3 Å². The Bertz CT molecular complexity index is 483. The number of nitrogens with one attached hydrogen (secondary N) is 2. The first-order valence-electron chi connectivity index (χ1n) is 6.73. The molecule has 2 heterocycles. The van der Waals surface area contributed by atoms with E-state index >= 15 is 0 Å². The summed E-state index contributed by atoms with van der Waals surface area (Å²) < 4.78 is 0. The molecule has 0 bridgehead atoms. The van der Waals surface area contributed by atoms with E-state index in [1.54, 1.807) is 6.07 Å². The molecule has 19 heavy (non-hydrogen) atoms. The predicted octanol–water partition coefficient (Wildman–Crippen LogP) is 2.67. The molecule has 2 N–H and O–H groups in total. The number of hydrogen-bond acceptors (Lipinski definition) is 4. The molecule has 0 atom stereocenters. The first-order valence-corrected chi connectivity index (χ1v) is 6.73. The fraction of sp³-hybridized carbons (Fsp3) is 0.600. The molecule has 4 nitrogen and oxygen atoms in total. The second kappa shape index (κ2) is 4.82. The Balaban J connectivity index is 2.12. The van der Waals surface area contributed by atoms with Crippen molar-refractivity contribution in [3.05, 3.63) is 23.9 Å². The van der Waals surface area contributed by atoms with Crippen LogP contribution in [0.3, 0.4) is 0 Å². The molecule has 102 valence electrons. The lowest BCUT2D eigenvalue weighted by molar-refractivity contribution is 0.170. The number of aromatic nitrogens is 1. The molecule has 2 rings (SSSR count). The highest BCUT2D eigenvalue weighted by molar-refractivity contribution is 5.39. The zero-order valence-electron chi connectivity index (χ0n) is 12.1.